The van der Waals surface area contributed by atoms with Crippen molar-refractivity contribution >= 4 is 11.6 Å². The van der Waals surface area contributed by atoms with Gasteiger partial charge >= 0.3 is 0 Å². The third-order valence-corrected chi connectivity index (χ3v) is 3.63. The molecule has 2 aromatic heterocycles. The fourth-order valence-corrected chi connectivity index (χ4v) is 2.36. The normalized spacial score (nSPS) is 11.3. The second kappa shape index (κ2) is 6.52. The number of aromatic nitrogens is 3. The van der Waals surface area contributed by atoms with E-state index in [2.05, 4.69) is 15.2 Å². The van der Waals surface area contributed by atoms with E-state index in [1.807, 2.05) is 43.1 Å². The summed E-state index contributed by atoms with van der Waals surface area (Å²) in [6.07, 6.45) is 0. The predicted molar refractivity (Wildman–Crippen MR) is 85.9 cm³/mol. The maximum Gasteiger partial charge on any atom is 0.230 e. The Hall–Kier alpha value is -2.18. The summed E-state index contributed by atoms with van der Waals surface area (Å²) >= 11 is 5.91. The van der Waals surface area contributed by atoms with Gasteiger partial charge in [0.15, 0.2) is 0 Å². The molecule has 3 aromatic rings. The Balaban J connectivity index is 1.72. The van der Waals surface area contributed by atoms with E-state index in [9.17, 15) is 0 Å². The zero-order valence-electron chi connectivity index (χ0n) is 13.2. The van der Waals surface area contributed by atoms with Crippen molar-refractivity contribution in [1.29, 1.82) is 0 Å². The summed E-state index contributed by atoms with van der Waals surface area (Å²) in [5.74, 6) is 2.54. The number of aryl methyl sites for hydroxylation is 2. The molecular weight excluding hydrogens is 316 g/mol. The largest absolute Gasteiger partial charge is 0.441 e. The Kier molecular flexibility index (Phi) is 4.45. The van der Waals surface area contributed by atoms with Gasteiger partial charge in [-0.2, -0.15) is 0 Å². The Labute approximate surface area is 139 Å². The molecule has 0 saturated heterocycles. The van der Waals surface area contributed by atoms with Gasteiger partial charge in [-0.05, 0) is 38.2 Å². The van der Waals surface area contributed by atoms with E-state index >= 15 is 0 Å². The molecule has 0 radical (unpaired) electrons. The summed E-state index contributed by atoms with van der Waals surface area (Å²) in [5.41, 5.74) is 1.78. The quantitative estimate of drug-likeness (QED) is 0.710. The first kappa shape index (κ1) is 15.7. The van der Waals surface area contributed by atoms with Crippen LogP contribution in [0.4, 0.5) is 0 Å². The molecule has 0 N–H and O–H groups in total. The van der Waals surface area contributed by atoms with Crippen LogP contribution >= 0.6 is 11.6 Å². The van der Waals surface area contributed by atoms with Crippen molar-refractivity contribution in [3.05, 3.63) is 52.5 Å². The van der Waals surface area contributed by atoms with E-state index in [-0.39, 0.29) is 0 Å². The zero-order chi connectivity index (χ0) is 16.4. The maximum atomic E-state index is 5.91. The van der Waals surface area contributed by atoms with Crippen LogP contribution in [0.25, 0.3) is 11.5 Å². The van der Waals surface area contributed by atoms with Gasteiger partial charge < -0.3 is 8.83 Å². The summed E-state index contributed by atoms with van der Waals surface area (Å²) in [7, 11) is 1.97. The van der Waals surface area contributed by atoms with E-state index < -0.39 is 0 Å². The number of halogens is 1. The van der Waals surface area contributed by atoms with Gasteiger partial charge in [-0.3, -0.25) is 4.90 Å². The van der Waals surface area contributed by atoms with Gasteiger partial charge in [-0.25, -0.2) is 4.98 Å². The molecule has 23 heavy (non-hydrogen) atoms. The molecule has 0 spiro atoms. The molecule has 0 atom stereocenters. The van der Waals surface area contributed by atoms with Crippen LogP contribution in [0.3, 0.4) is 0 Å². The van der Waals surface area contributed by atoms with E-state index in [4.69, 9.17) is 20.4 Å². The van der Waals surface area contributed by atoms with Crippen LogP contribution in [-0.2, 0) is 13.1 Å². The van der Waals surface area contributed by atoms with Gasteiger partial charge in [-0.15, -0.1) is 10.2 Å². The molecular formula is C16H17ClN4O2. The number of hydrogen-bond donors (Lipinski definition) is 0. The molecule has 120 valence electrons. The van der Waals surface area contributed by atoms with Crippen molar-refractivity contribution < 1.29 is 8.83 Å². The first-order valence-corrected chi connectivity index (χ1v) is 7.59. The summed E-state index contributed by atoms with van der Waals surface area (Å²) in [6, 6.07) is 7.42. The van der Waals surface area contributed by atoms with Gasteiger partial charge in [0.25, 0.3) is 0 Å². The molecule has 2 heterocycles. The molecule has 0 fully saturated rings. The highest BCUT2D eigenvalue weighted by Gasteiger charge is 2.14. The smallest absolute Gasteiger partial charge is 0.230 e. The Morgan fingerprint density at radius 2 is 1.78 bits per heavy atom. The highest BCUT2D eigenvalue weighted by Crippen LogP contribution is 2.24. The molecule has 1 aromatic carbocycles. The van der Waals surface area contributed by atoms with Crippen molar-refractivity contribution in [1.82, 2.24) is 20.1 Å². The van der Waals surface area contributed by atoms with Gasteiger partial charge in [0.05, 0.1) is 12.2 Å². The third-order valence-electron chi connectivity index (χ3n) is 3.38. The van der Waals surface area contributed by atoms with E-state index in [1.54, 1.807) is 6.92 Å². The lowest BCUT2D eigenvalue weighted by Crippen LogP contribution is -2.18. The fourth-order valence-electron chi connectivity index (χ4n) is 2.23. The van der Waals surface area contributed by atoms with Gasteiger partial charge in [0.2, 0.25) is 17.7 Å². The standard InChI is InChI=1S/C16H17ClN4O2/c1-10-14(8-21(3)9-15-20-19-11(2)23-15)18-16(22-10)12-4-6-13(17)7-5-12/h4-7H,8-9H2,1-3H3. The molecule has 6 nitrogen and oxygen atoms in total. The predicted octanol–water partition coefficient (Wildman–Crippen LogP) is 3.63. The molecule has 0 saturated carbocycles. The molecule has 0 aliphatic rings. The van der Waals surface area contributed by atoms with Gasteiger partial charge in [0.1, 0.15) is 5.76 Å². The van der Waals surface area contributed by atoms with Crippen molar-refractivity contribution in [2.24, 2.45) is 0 Å². The minimum atomic E-state index is 0.559. The minimum Gasteiger partial charge on any atom is -0.441 e. The molecule has 7 heteroatoms. The summed E-state index contributed by atoms with van der Waals surface area (Å²) in [6.45, 7) is 4.87. The van der Waals surface area contributed by atoms with Crippen molar-refractivity contribution in [3.8, 4) is 11.5 Å². The lowest BCUT2D eigenvalue weighted by molar-refractivity contribution is 0.275. The van der Waals surface area contributed by atoms with Crippen LogP contribution in [0.5, 0.6) is 0 Å². The van der Waals surface area contributed by atoms with Gasteiger partial charge in [0, 0.05) is 24.1 Å². The van der Waals surface area contributed by atoms with Crippen molar-refractivity contribution in [3.63, 3.8) is 0 Å². The second-order valence-electron chi connectivity index (χ2n) is 5.42. The Morgan fingerprint density at radius 1 is 1.04 bits per heavy atom. The number of benzene rings is 1. The highest BCUT2D eigenvalue weighted by molar-refractivity contribution is 6.30. The van der Waals surface area contributed by atoms with Crippen molar-refractivity contribution in [2.75, 3.05) is 7.05 Å². The average Bonchev–Trinajstić information content (AvgIpc) is 3.06. The summed E-state index contributed by atoms with van der Waals surface area (Å²) in [4.78, 5) is 6.62. The molecule has 0 aliphatic carbocycles. The molecule has 0 bridgehead atoms. The topological polar surface area (TPSA) is 68.2 Å². The number of hydrogen-bond acceptors (Lipinski definition) is 6. The number of oxazole rings is 1. The van der Waals surface area contributed by atoms with Crippen molar-refractivity contribution in [2.45, 2.75) is 26.9 Å². The van der Waals surface area contributed by atoms with Crippen LogP contribution in [-0.4, -0.2) is 27.1 Å². The molecule has 0 aliphatic heterocycles. The van der Waals surface area contributed by atoms with E-state index in [0.717, 1.165) is 17.0 Å². The summed E-state index contributed by atoms with van der Waals surface area (Å²) in [5, 5.41) is 8.51. The van der Waals surface area contributed by atoms with Crippen LogP contribution in [0.1, 0.15) is 23.2 Å². The molecule has 0 amide bonds. The summed E-state index contributed by atoms with van der Waals surface area (Å²) < 4.78 is 11.2. The second-order valence-corrected chi connectivity index (χ2v) is 5.85. The zero-order valence-corrected chi connectivity index (χ0v) is 14.0. The van der Waals surface area contributed by atoms with Gasteiger partial charge in [-0.1, -0.05) is 11.6 Å². The number of rotatable bonds is 5. The van der Waals surface area contributed by atoms with Crippen LogP contribution < -0.4 is 0 Å². The molecule has 3 rings (SSSR count). The van der Waals surface area contributed by atoms with Crippen LogP contribution in [0.15, 0.2) is 33.1 Å². The average molecular weight is 333 g/mol. The first-order chi connectivity index (χ1) is 11.0. The van der Waals surface area contributed by atoms with E-state index in [0.29, 0.717) is 35.8 Å². The fraction of sp³-hybridized carbons (Fsp3) is 0.312. The first-order valence-electron chi connectivity index (χ1n) is 7.21. The third kappa shape index (κ3) is 3.78. The van der Waals surface area contributed by atoms with Crippen LogP contribution in [0.2, 0.25) is 5.02 Å². The molecule has 0 unspecified atom stereocenters. The minimum absolute atomic E-state index is 0.559. The Morgan fingerprint density at radius 3 is 2.43 bits per heavy atom. The SMILES string of the molecule is Cc1nnc(CN(C)Cc2nc(-c3ccc(Cl)cc3)oc2C)o1. The number of nitrogens with zero attached hydrogens (tertiary/aromatic N) is 4. The highest BCUT2D eigenvalue weighted by atomic mass is 35.5. The monoisotopic (exact) mass is 332 g/mol. The lowest BCUT2D eigenvalue weighted by atomic mass is 10.2. The maximum absolute atomic E-state index is 5.91. The Bertz CT molecular complexity index is 795. The lowest BCUT2D eigenvalue weighted by Gasteiger charge is -2.12. The van der Waals surface area contributed by atoms with E-state index in [1.165, 1.54) is 0 Å². The van der Waals surface area contributed by atoms with Crippen LogP contribution in [0, 0.1) is 13.8 Å².